The summed E-state index contributed by atoms with van der Waals surface area (Å²) in [6.07, 6.45) is 0. The first kappa shape index (κ1) is 13.4. The minimum absolute atomic E-state index is 0.255. The van der Waals surface area contributed by atoms with Crippen molar-refractivity contribution in [1.29, 1.82) is 0 Å². The van der Waals surface area contributed by atoms with Crippen molar-refractivity contribution < 1.29 is 9.18 Å². The van der Waals surface area contributed by atoms with Gasteiger partial charge >= 0.3 is 0 Å². The van der Waals surface area contributed by atoms with Gasteiger partial charge in [-0.2, -0.15) is 0 Å². The highest BCUT2D eigenvalue weighted by atomic mass is 35.5. The number of nitrogens with two attached hydrogens (primary N) is 1. The molecule has 2 rings (SSSR count). The van der Waals surface area contributed by atoms with E-state index in [4.69, 9.17) is 17.3 Å². The predicted octanol–water partition coefficient (Wildman–Crippen LogP) is 3.62. The molecule has 0 saturated heterocycles. The normalized spacial score (nSPS) is 10.3. The Morgan fingerprint density at radius 1 is 1.32 bits per heavy atom. The minimum Gasteiger partial charge on any atom is -0.399 e. The number of rotatable bonds is 2. The van der Waals surface area contributed by atoms with E-state index in [1.54, 1.807) is 25.1 Å². The molecule has 0 fully saturated rings. The molecule has 0 spiro atoms. The van der Waals surface area contributed by atoms with Crippen molar-refractivity contribution in [1.82, 2.24) is 0 Å². The first-order chi connectivity index (χ1) is 8.99. The molecule has 0 saturated carbocycles. The lowest BCUT2D eigenvalue weighted by Gasteiger charge is -2.10. The Morgan fingerprint density at radius 2 is 2.05 bits per heavy atom. The summed E-state index contributed by atoms with van der Waals surface area (Å²) in [5, 5.41) is 2.91. The Kier molecular flexibility index (Phi) is 3.71. The van der Waals surface area contributed by atoms with Gasteiger partial charge in [-0.15, -0.1) is 0 Å². The molecule has 0 aromatic heterocycles. The second kappa shape index (κ2) is 5.28. The third kappa shape index (κ3) is 2.85. The van der Waals surface area contributed by atoms with Crippen LogP contribution in [0.1, 0.15) is 15.9 Å². The lowest BCUT2D eigenvalue weighted by molar-refractivity contribution is 0.102. The summed E-state index contributed by atoms with van der Waals surface area (Å²) in [6, 6.07) is 9.11. The molecule has 1 amide bonds. The number of amides is 1. The summed E-state index contributed by atoms with van der Waals surface area (Å²) < 4.78 is 13.4. The van der Waals surface area contributed by atoms with Crippen molar-refractivity contribution in [2.45, 2.75) is 6.92 Å². The quantitative estimate of drug-likeness (QED) is 0.824. The van der Waals surface area contributed by atoms with Gasteiger partial charge in [0.15, 0.2) is 0 Å². The Balaban J connectivity index is 2.31. The van der Waals surface area contributed by atoms with Crippen LogP contribution in [0.5, 0.6) is 0 Å². The maximum absolute atomic E-state index is 13.4. The molecule has 5 heteroatoms. The maximum Gasteiger partial charge on any atom is 0.257 e. The molecule has 3 nitrogen and oxygen atoms in total. The van der Waals surface area contributed by atoms with Gasteiger partial charge in [0.05, 0.1) is 10.6 Å². The van der Waals surface area contributed by atoms with Crippen molar-refractivity contribution >= 4 is 28.9 Å². The molecular weight excluding hydrogens is 267 g/mol. The van der Waals surface area contributed by atoms with Crippen LogP contribution in [0.4, 0.5) is 15.8 Å². The van der Waals surface area contributed by atoms with Gasteiger partial charge in [0.2, 0.25) is 0 Å². The minimum atomic E-state index is -0.425. The second-order valence-electron chi connectivity index (χ2n) is 4.11. The van der Waals surface area contributed by atoms with E-state index in [9.17, 15) is 9.18 Å². The van der Waals surface area contributed by atoms with E-state index < -0.39 is 5.91 Å². The van der Waals surface area contributed by atoms with Crippen molar-refractivity contribution in [2.24, 2.45) is 0 Å². The molecule has 0 aliphatic heterocycles. The number of hydrogen-bond acceptors (Lipinski definition) is 2. The van der Waals surface area contributed by atoms with Crippen molar-refractivity contribution in [3.8, 4) is 0 Å². The van der Waals surface area contributed by atoms with E-state index in [1.807, 2.05) is 0 Å². The van der Waals surface area contributed by atoms with Gasteiger partial charge in [-0.3, -0.25) is 4.79 Å². The van der Waals surface area contributed by atoms with E-state index in [1.165, 1.54) is 18.2 Å². The van der Waals surface area contributed by atoms with E-state index in [0.717, 1.165) is 0 Å². The molecule has 2 aromatic carbocycles. The fourth-order valence-electron chi connectivity index (χ4n) is 1.65. The first-order valence-corrected chi connectivity index (χ1v) is 5.98. The summed E-state index contributed by atoms with van der Waals surface area (Å²) in [7, 11) is 0. The molecule has 0 aliphatic rings. The number of benzene rings is 2. The van der Waals surface area contributed by atoms with Gasteiger partial charge in [0.25, 0.3) is 5.91 Å². The van der Waals surface area contributed by atoms with Crippen LogP contribution in [0.25, 0.3) is 0 Å². The van der Waals surface area contributed by atoms with E-state index >= 15 is 0 Å². The van der Waals surface area contributed by atoms with Gasteiger partial charge in [-0.25, -0.2) is 4.39 Å². The Morgan fingerprint density at radius 3 is 2.79 bits per heavy atom. The van der Waals surface area contributed by atoms with E-state index in [0.29, 0.717) is 22.0 Å². The van der Waals surface area contributed by atoms with Crippen LogP contribution in [-0.4, -0.2) is 5.91 Å². The Labute approximate surface area is 115 Å². The molecule has 0 radical (unpaired) electrons. The molecule has 2 aromatic rings. The number of carbonyl (C=O) groups excluding carboxylic acids is 1. The summed E-state index contributed by atoms with van der Waals surface area (Å²) in [5.74, 6) is -0.803. The highest BCUT2D eigenvalue weighted by Gasteiger charge is 2.13. The Hall–Kier alpha value is -2.07. The lowest BCUT2D eigenvalue weighted by Crippen LogP contribution is -2.14. The number of carbonyl (C=O) groups is 1. The van der Waals surface area contributed by atoms with Gasteiger partial charge in [-0.05, 0) is 37.3 Å². The Bertz CT molecular complexity index is 643. The zero-order chi connectivity index (χ0) is 14.0. The van der Waals surface area contributed by atoms with Crippen LogP contribution >= 0.6 is 11.6 Å². The predicted molar refractivity (Wildman–Crippen MR) is 75.0 cm³/mol. The molecule has 19 heavy (non-hydrogen) atoms. The monoisotopic (exact) mass is 278 g/mol. The van der Waals surface area contributed by atoms with Crippen LogP contribution < -0.4 is 11.1 Å². The standard InChI is InChI=1S/C14H12ClFN2O/c1-8-12(16)3-2-4-13(8)18-14(19)10-7-9(17)5-6-11(10)15/h2-7H,17H2,1H3,(H,18,19). The van der Waals surface area contributed by atoms with Crippen molar-refractivity contribution in [3.05, 3.63) is 58.4 Å². The lowest BCUT2D eigenvalue weighted by atomic mass is 10.1. The van der Waals surface area contributed by atoms with E-state index in [2.05, 4.69) is 5.32 Å². The van der Waals surface area contributed by atoms with Gasteiger partial charge in [-0.1, -0.05) is 17.7 Å². The highest BCUT2D eigenvalue weighted by Crippen LogP contribution is 2.22. The molecular formula is C14H12ClFN2O. The molecule has 0 aliphatic carbocycles. The van der Waals surface area contributed by atoms with Crippen LogP contribution in [0.3, 0.4) is 0 Å². The van der Waals surface area contributed by atoms with Crippen LogP contribution in [0.15, 0.2) is 36.4 Å². The SMILES string of the molecule is Cc1c(F)cccc1NC(=O)c1cc(N)ccc1Cl. The van der Waals surface area contributed by atoms with Gasteiger partial charge < -0.3 is 11.1 Å². The smallest absolute Gasteiger partial charge is 0.257 e. The highest BCUT2D eigenvalue weighted by molar-refractivity contribution is 6.34. The number of nitrogen functional groups attached to an aromatic ring is 1. The van der Waals surface area contributed by atoms with Crippen molar-refractivity contribution in [2.75, 3.05) is 11.1 Å². The summed E-state index contributed by atoms with van der Waals surface area (Å²) in [4.78, 5) is 12.1. The molecule has 98 valence electrons. The summed E-state index contributed by atoms with van der Waals surface area (Å²) in [5.41, 5.74) is 7.08. The third-order valence-corrected chi connectivity index (χ3v) is 3.08. The molecule has 0 unspecified atom stereocenters. The number of nitrogens with one attached hydrogen (secondary N) is 1. The molecule has 0 heterocycles. The van der Waals surface area contributed by atoms with Crippen molar-refractivity contribution in [3.63, 3.8) is 0 Å². The topological polar surface area (TPSA) is 55.1 Å². The van der Waals surface area contributed by atoms with Gasteiger partial charge in [0.1, 0.15) is 5.82 Å². The summed E-state index contributed by atoms with van der Waals surface area (Å²) >= 11 is 5.94. The van der Waals surface area contributed by atoms with Crippen LogP contribution in [0, 0.1) is 12.7 Å². The zero-order valence-corrected chi connectivity index (χ0v) is 11.0. The van der Waals surface area contributed by atoms with Gasteiger partial charge in [0, 0.05) is 16.9 Å². The maximum atomic E-state index is 13.4. The second-order valence-corrected chi connectivity index (χ2v) is 4.51. The van der Waals surface area contributed by atoms with E-state index in [-0.39, 0.29) is 11.4 Å². The molecule has 3 N–H and O–H groups in total. The largest absolute Gasteiger partial charge is 0.399 e. The average Bonchev–Trinajstić information content (AvgIpc) is 2.38. The molecule has 0 bridgehead atoms. The zero-order valence-electron chi connectivity index (χ0n) is 10.2. The summed E-state index contributed by atoms with van der Waals surface area (Å²) in [6.45, 7) is 1.59. The molecule has 0 atom stereocenters. The van der Waals surface area contributed by atoms with Crippen LogP contribution in [0.2, 0.25) is 5.02 Å². The first-order valence-electron chi connectivity index (χ1n) is 5.60. The number of anilines is 2. The van der Waals surface area contributed by atoms with Crippen LogP contribution in [-0.2, 0) is 0 Å². The average molecular weight is 279 g/mol. The fourth-order valence-corrected chi connectivity index (χ4v) is 1.85. The number of halogens is 2. The fraction of sp³-hybridized carbons (Fsp3) is 0.0714. The third-order valence-electron chi connectivity index (χ3n) is 2.75. The number of hydrogen-bond donors (Lipinski definition) is 2.